The van der Waals surface area contributed by atoms with Crippen molar-refractivity contribution < 1.29 is 4.99 Å². The van der Waals surface area contributed by atoms with E-state index in [-0.39, 0.29) is 5.92 Å². The summed E-state index contributed by atoms with van der Waals surface area (Å²) in [6.45, 7) is 0. The lowest BCUT2D eigenvalue weighted by Crippen LogP contribution is -2.61. The second-order valence-corrected chi connectivity index (χ2v) is 6.87. The third-order valence-corrected chi connectivity index (χ3v) is 4.42. The van der Waals surface area contributed by atoms with Crippen LogP contribution in [0.3, 0.4) is 0 Å². The van der Waals surface area contributed by atoms with Gasteiger partial charge in [0.05, 0.1) is 0 Å². The van der Waals surface area contributed by atoms with Crippen molar-refractivity contribution in [1.29, 1.82) is 0 Å². The maximum absolute atomic E-state index is 6.21. The molecule has 1 unspecified atom stereocenters. The SMILES string of the molecule is ClC1(Cl)CC1/C(C=[NH+]c1ccccc1)=C\Nc1ccccc1. The largest absolute Gasteiger partial charge is 0.361 e. The summed E-state index contributed by atoms with van der Waals surface area (Å²) in [5, 5.41) is 3.29. The summed E-state index contributed by atoms with van der Waals surface area (Å²) >= 11 is 12.4. The molecule has 112 valence electrons. The Balaban J connectivity index is 1.77. The van der Waals surface area contributed by atoms with Gasteiger partial charge >= 0.3 is 0 Å². The fraction of sp³-hybridized carbons (Fsp3) is 0.167. The molecule has 1 saturated carbocycles. The van der Waals surface area contributed by atoms with Crippen LogP contribution in [0.5, 0.6) is 0 Å². The maximum Gasteiger partial charge on any atom is 0.203 e. The highest BCUT2D eigenvalue weighted by Gasteiger charge is 2.54. The second kappa shape index (κ2) is 6.55. The fourth-order valence-electron chi connectivity index (χ4n) is 2.22. The van der Waals surface area contributed by atoms with Gasteiger partial charge < -0.3 is 5.32 Å². The van der Waals surface area contributed by atoms with Crippen LogP contribution in [0.4, 0.5) is 11.4 Å². The molecule has 1 atom stereocenters. The first-order valence-electron chi connectivity index (χ1n) is 7.19. The summed E-state index contributed by atoms with van der Waals surface area (Å²) in [6, 6.07) is 20.0. The highest BCUT2D eigenvalue weighted by atomic mass is 35.5. The Bertz CT molecular complexity index is 679. The molecule has 0 amide bonds. The van der Waals surface area contributed by atoms with Gasteiger partial charge in [0.25, 0.3) is 0 Å². The van der Waals surface area contributed by atoms with Crippen molar-refractivity contribution in [2.75, 3.05) is 5.32 Å². The Morgan fingerprint density at radius 1 is 1.05 bits per heavy atom. The van der Waals surface area contributed by atoms with Crippen molar-refractivity contribution in [3.63, 3.8) is 0 Å². The molecule has 0 saturated heterocycles. The molecule has 2 nitrogen and oxygen atoms in total. The van der Waals surface area contributed by atoms with E-state index in [2.05, 4.69) is 10.3 Å². The van der Waals surface area contributed by atoms with Gasteiger partial charge in [0, 0.05) is 35.5 Å². The number of benzene rings is 2. The van der Waals surface area contributed by atoms with Crippen LogP contribution in [0.1, 0.15) is 6.42 Å². The molecule has 0 aliphatic heterocycles. The average molecular weight is 332 g/mol. The van der Waals surface area contributed by atoms with Crippen LogP contribution in [-0.2, 0) is 0 Å². The Labute approximate surface area is 140 Å². The third kappa shape index (κ3) is 3.90. The number of allylic oxidation sites excluding steroid dienone is 1. The van der Waals surface area contributed by atoms with Crippen molar-refractivity contribution in [2.24, 2.45) is 5.92 Å². The summed E-state index contributed by atoms with van der Waals surface area (Å²) in [7, 11) is 0. The van der Waals surface area contributed by atoms with E-state index in [9.17, 15) is 0 Å². The summed E-state index contributed by atoms with van der Waals surface area (Å²) in [6.07, 6.45) is 4.69. The fourth-order valence-corrected chi connectivity index (χ4v) is 2.78. The minimum atomic E-state index is -0.654. The van der Waals surface area contributed by atoms with Crippen LogP contribution < -0.4 is 10.3 Å². The van der Waals surface area contributed by atoms with E-state index in [1.807, 2.05) is 73.1 Å². The predicted octanol–water partition coefficient (Wildman–Crippen LogP) is 3.66. The van der Waals surface area contributed by atoms with Gasteiger partial charge in [0.15, 0.2) is 6.21 Å². The van der Waals surface area contributed by atoms with Crippen LogP contribution >= 0.6 is 23.2 Å². The molecule has 3 rings (SSSR count). The molecule has 0 radical (unpaired) electrons. The smallest absolute Gasteiger partial charge is 0.203 e. The molecule has 0 bridgehead atoms. The lowest BCUT2D eigenvalue weighted by Gasteiger charge is -2.03. The summed E-state index contributed by atoms with van der Waals surface area (Å²) in [5.74, 6) is 0.142. The molecule has 0 aromatic heterocycles. The van der Waals surface area contributed by atoms with Gasteiger partial charge in [-0.2, -0.15) is 0 Å². The molecule has 4 heteroatoms. The van der Waals surface area contributed by atoms with Gasteiger partial charge in [0.1, 0.15) is 4.33 Å². The van der Waals surface area contributed by atoms with Crippen molar-refractivity contribution in [3.8, 4) is 0 Å². The van der Waals surface area contributed by atoms with Crippen molar-refractivity contribution in [2.45, 2.75) is 10.8 Å². The Morgan fingerprint density at radius 2 is 1.64 bits per heavy atom. The zero-order valence-electron chi connectivity index (χ0n) is 12.0. The highest BCUT2D eigenvalue weighted by Crippen LogP contribution is 2.56. The molecular weight excluding hydrogens is 315 g/mol. The van der Waals surface area contributed by atoms with Crippen molar-refractivity contribution >= 4 is 40.8 Å². The monoisotopic (exact) mass is 331 g/mol. The molecule has 0 spiro atoms. The van der Waals surface area contributed by atoms with E-state index in [0.717, 1.165) is 23.4 Å². The standard InChI is InChI=1S/C18H16Cl2N2/c19-18(20)11-17(18)14(12-21-15-7-3-1-4-8-15)13-22-16-9-5-2-6-10-16/h1-10,12-13,17,21H,11H2/p+1/b14-12-,22-13?. The van der Waals surface area contributed by atoms with Crippen LogP contribution in [0, 0.1) is 5.92 Å². The Morgan fingerprint density at radius 3 is 2.23 bits per heavy atom. The van der Waals surface area contributed by atoms with Crippen LogP contribution in [0.2, 0.25) is 0 Å². The number of rotatable bonds is 5. The number of anilines is 1. The van der Waals surface area contributed by atoms with Gasteiger partial charge in [-0.1, -0.05) is 36.4 Å². The zero-order valence-corrected chi connectivity index (χ0v) is 13.5. The van der Waals surface area contributed by atoms with E-state index in [1.165, 1.54) is 0 Å². The van der Waals surface area contributed by atoms with Gasteiger partial charge in [-0.25, -0.2) is 4.99 Å². The maximum atomic E-state index is 6.21. The van der Waals surface area contributed by atoms with Gasteiger partial charge in [-0.15, -0.1) is 23.2 Å². The summed E-state index contributed by atoms with van der Waals surface area (Å²) in [5.41, 5.74) is 3.12. The average Bonchev–Trinajstić information content (AvgIpc) is 3.18. The lowest BCUT2D eigenvalue weighted by atomic mass is 10.2. The zero-order chi connectivity index (χ0) is 15.4. The molecule has 0 heterocycles. The second-order valence-electron chi connectivity index (χ2n) is 5.33. The van der Waals surface area contributed by atoms with Crippen LogP contribution in [0.25, 0.3) is 0 Å². The lowest BCUT2D eigenvalue weighted by molar-refractivity contribution is -0.347. The van der Waals surface area contributed by atoms with Crippen molar-refractivity contribution in [1.82, 2.24) is 0 Å². The summed E-state index contributed by atoms with van der Waals surface area (Å²) in [4.78, 5) is 3.29. The van der Waals surface area contributed by atoms with E-state index in [4.69, 9.17) is 23.2 Å². The van der Waals surface area contributed by atoms with Crippen LogP contribution in [-0.4, -0.2) is 10.5 Å². The van der Waals surface area contributed by atoms with Gasteiger partial charge in [-0.3, -0.25) is 0 Å². The Kier molecular flexibility index (Phi) is 4.51. The van der Waals surface area contributed by atoms with Crippen LogP contribution in [0.15, 0.2) is 72.4 Å². The Hall–Kier alpha value is -1.77. The first-order chi connectivity index (χ1) is 10.6. The molecule has 2 N–H and O–H groups in total. The first-order valence-corrected chi connectivity index (χ1v) is 7.95. The first kappa shape index (κ1) is 15.1. The number of alkyl halides is 2. The summed E-state index contributed by atoms with van der Waals surface area (Å²) < 4.78 is -0.654. The minimum absolute atomic E-state index is 0.142. The molecule has 2 aromatic carbocycles. The molecule has 1 aliphatic carbocycles. The molecular formula is C18H17Cl2N2+. The minimum Gasteiger partial charge on any atom is -0.361 e. The topological polar surface area (TPSA) is 26.0 Å². The number of nitrogens with one attached hydrogen (secondary N) is 2. The molecule has 1 aliphatic rings. The number of hydrogen-bond acceptors (Lipinski definition) is 1. The normalized spacial score (nSPS) is 20.1. The highest BCUT2D eigenvalue weighted by molar-refractivity contribution is 6.51. The quantitative estimate of drug-likeness (QED) is 0.634. The molecule has 2 aromatic rings. The van der Waals surface area contributed by atoms with Crippen molar-refractivity contribution in [3.05, 3.63) is 72.4 Å². The molecule has 1 fully saturated rings. The van der Waals surface area contributed by atoms with Gasteiger partial charge in [-0.05, 0) is 18.6 Å². The van der Waals surface area contributed by atoms with E-state index in [1.54, 1.807) is 0 Å². The van der Waals surface area contributed by atoms with E-state index >= 15 is 0 Å². The number of halogens is 2. The van der Waals surface area contributed by atoms with Gasteiger partial charge in [0.2, 0.25) is 5.69 Å². The van der Waals surface area contributed by atoms with E-state index in [0.29, 0.717) is 0 Å². The number of hydrogen-bond donors (Lipinski definition) is 2. The third-order valence-electron chi connectivity index (χ3n) is 3.59. The van der Waals surface area contributed by atoms with E-state index < -0.39 is 4.33 Å². The molecule has 22 heavy (non-hydrogen) atoms. The predicted molar refractivity (Wildman–Crippen MR) is 93.8 cm³/mol. The number of para-hydroxylation sites is 2.